The molecule has 0 bridgehead atoms. The number of nitrogens with zero attached hydrogens (tertiary/aromatic N) is 3. The van der Waals surface area contributed by atoms with Crippen molar-refractivity contribution in [1.82, 2.24) is 15.3 Å². The highest BCUT2D eigenvalue weighted by molar-refractivity contribution is 5.96. The predicted molar refractivity (Wildman–Crippen MR) is 112 cm³/mol. The number of hydrogen-bond acceptors (Lipinski definition) is 4. The first-order chi connectivity index (χ1) is 14.0. The minimum atomic E-state index is -0.199. The molecule has 6 heteroatoms. The van der Waals surface area contributed by atoms with Crippen LogP contribution in [0.25, 0.3) is 11.1 Å². The van der Waals surface area contributed by atoms with Crippen molar-refractivity contribution < 1.29 is 9.59 Å². The Bertz CT molecular complexity index is 1090. The molecular formula is C23H22N4O2. The summed E-state index contributed by atoms with van der Waals surface area (Å²) < 4.78 is 0. The minimum absolute atomic E-state index is 0.146. The zero-order chi connectivity index (χ0) is 20.4. The van der Waals surface area contributed by atoms with E-state index in [2.05, 4.69) is 21.4 Å². The molecule has 0 atom stereocenters. The molecule has 2 amide bonds. The Labute approximate surface area is 169 Å². The van der Waals surface area contributed by atoms with Gasteiger partial charge in [-0.05, 0) is 59.9 Å². The van der Waals surface area contributed by atoms with E-state index < -0.39 is 0 Å². The van der Waals surface area contributed by atoms with Gasteiger partial charge in [-0.1, -0.05) is 12.1 Å². The summed E-state index contributed by atoms with van der Waals surface area (Å²) in [5.41, 5.74) is 6.34. The predicted octanol–water partition coefficient (Wildman–Crippen LogP) is 3.29. The van der Waals surface area contributed by atoms with Crippen LogP contribution in [-0.2, 0) is 17.8 Å². The summed E-state index contributed by atoms with van der Waals surface area (Å²) in [5.74, 6) is -0.0530. The van der Waals surface area contributed by atoms with E-state index in [-0.39, 0.29) is 11.8 Å². The first-order valence-corrected chi connectivity index (χ1v) is 9.56. The lowest BCUT2D eigenvalue weighted by Gasteiger charge is -2.26. The maximum Gasteiger partial charge on any atom is 0.270 e. The first kappa shape index (κ1) is 18.8. The van der Waals surface area contributed by atoms with Crippen LogP contribution in [0.3, 0.4) is 0 Å². The average Bonchev–Trinajstić information content (AvgIpc) is 2.75. The number of amides is 2. The average molecular weight is 386 g/mol. The quantitative estimate of drug-likeness (QED) is 0.747. The molecule has 29 heavy (non-hydrogen) atoms. The largest absolute Gasteiger partial charge is 0.347 e. The third kappa shape index (κ3) is 3.87. The summed E-state index contributed by atoms with van der Waals surface area (Å²) in [5, 5.41) is 2.91. The lowest BCUT2D eigenvalue weighted by molar-refractivity contribution is -0.118. The second-order valence-electron chi connectivity index (χ2n) is 7.23. The third-order valence-electron chi connectivity index (χ3n) is 5.23. The molecule has 146 valence electrons. The molecule has 3 aromatic rings. The molecule has 0 radical (unpaired) electrons. The van der Waals surface area contributed by atoms with Gasteiger partial charge in [0.05, 0.1) is 0 Å². The molecule has 1 N–H and O–H groups in total. The number of hydrogen-bond donors (Lipinski definition) is 1. The molecule has 1 aliphatic rings. The van der Waals surface area contributed by atoms with Gasteiger partial charge in [0, 0.05) is 49.9 Å². The van der Waals surface area contributed by atoms with Gasteiger partial charge in [-0.2, -0.15) is 0 Å². The molecule has 0 spiro atoms. The van der Waals surface area contributed by atoms with Crippen LogP contribution in [-0.4, -0.2) is 28.8 Å². The van der Waals surface area contributed by atoms with Gasteiger partial charge in [0.15, 0.2) is 0 Å². The SMILES string of the molecule is Cc1cccnc1C(=O)NCc1cncc(-c2ccc3c(c2)CCC(=O)N3C)c1. The van der Waals surface area contributed by atoms with Gasteiger partial charge < -0.3 is 10.2 Å². The molecule has 0 unspecified atom stereocenters. The number of benzene rings is 1. The molecule has 3 heterocycles. The van der Waals surface area contributed by atoms with Gasteiger partial charge in [0.1, 0.15) is 5.69 Å². The monoisotopic (exact) mass is 386 g/mol. The van der Waals surface area contributed by atoms with Gasteiger partial charge >= 0.3 is 0 Å². The molecule has 4 rings (SSSR count). The van der Waals surface area contributed by atoms with E-state index in [4.69, 9.17) is 0 Å². The number of aryl methyl sites for hydroxylation is 2. The van der Waals surface area contributed by atoms with Crippen molar-refractivity contribution in [2.24, 2.45) is 0 Å². The van der Waals surface area contributed by atoms with Crippen molar-refractivity contribution in [1.29, 1.82) is 0 Å². The van der Waals surface area contributed by atoms with Crippen LogP contribution in [0.2, 0.25) is 0 Å². The Kier molecular flexibility index (Phi) is 5.08. The second-order valence-corrected chi connectivity index (χ2v) is 7.23. The van der Waals surface area contributed by atoms with Gasteiger partial charge in [0.25, 0.3) is 5.91 Å². The van der Waals surface area contributed by atoms with Crippen molar-refractivity contribution in [3.63, 3.8) is 0 Å². The topological polar surface area (TPSA) is 75.2 Å². The van der Waals surface area contributed by atoms with Crippen molar-refractivity contribution >= 4 is 17.5 Å². The highest BCUT2D eigenvalue weighted by atomic mass is 16.2. The van der Waals surface area contributed by atoms with Gasteiger partial charge in [-0.3, -0.25) is 19.6 Å². The van der Waals surface area contributed by atoms with Crippen LogP contribution >= 0.6 is 0 Å². The number of pyridine rings is 2. The molecular weight excluding hydrogens is 364 g/mol. The molecule has 1 aromatic carbocycles. The van der Waals surface area contributed by atoms with Gasteiger partial charge in [-0.15, -0.1) is 0 Å². The number of rotatable bonds is 4. The summed E-state index contributed by atoms with van der Waals surface area (Å²) in [4.78, 5) is 34.5. The minimum Gasteiger partial charge on any atom is -0.347 e. The van der Waals surface area contributed by atoms with E-state index in [0.29, 0.717) is 18.7 Å². The Balaban J connectivity index is 1.51. The summed E-state index contributed by atoms with van der Waals surface area (Å²) in [6.07, 6.45) is 6.46. The van der Waals surface area contributed by atoms with Crippen molar-refractivity contribution in [2.75, 3.05) is 11.9 Å². The molecule has 0 fully saturated rings. The number of carbonyl (C=O) groups excluding carboxylic acids is 2. The summed E-state index contributed by atoms with van der Waals surface area (Å²) >= 11 is 0. The Morgan fingerprint density at radius 3 is 2.83 bits per heavy atom. The maximum absolute atomic E-state index is 12.4. The van der Waals surface area contributed by atoms with Crippen molar-refractivity contribution in [2.45, 2.75) is 26.3 Å². The molecule has 0 saturated carbocycles. The fourth-order valence-electron chi connectivity index (χ4n) is 3.57. The van der Waals surface area contributed by atoms with Crippen LogP contribution in [0.4, 0.5) is 5.69 Å². The van der Waals surface area contributed by atoms with Crippen molar-refractivity contribution in [3.8, 4) is 11.1 Å². The van der Waals surface area contributed by atoms with Gasteiger partial charge in [-0.25, -0.2) is 0 Å². The molecule has 2 aromatic heterocycles. The molecule has 0 aliphatic carbocycles. The highest BCUT2D eigenvalue weighted by Crippen LogP contribution is 2.31. The fourth-order valence-corrected chi connectivity index (χ4v) is 3.57. The Morgan fingerprint density at radius 2 is 2.00 bits per heavy atom. The van der Waals surface area contributed by atoms with E-state index in [9.17, 15) is 9.59 Å². The standard InChI is InChI=1S/C23H22N4O2/c1-15-4-3-9-25-22(15)23(29)26-13-16-10-19(14-24-12-16)17-5-7-20-18(11-17)6-8-21(28)27(20)2/h3-5,7,9-12,14H,6,8,13H2,1-2H3,(H,26,29). The van der Waals surface area contributed by atoms with Crippen LogP contribution in [0.5, 0.6) is 0 Å². The first-order valence-electron chi connectivity index (χ1n) is 9.56. The summed E-state index contributed by atoms with van der Waals surface area (Å²) in [7, 11) is 1.81. The summed E-state index contributed by atoms with van der Waals surface area (Å²) in [6.45, 7) is 2.24. The zero-order valence-corrected chi connectivity index (χ0v) is 16.5. The number of anilines is 1. The van der Waals surface area contributed by atoms with E-state index in [0.717, 1.165) is 39.9 Å². The normalized spacial score (nSPS) is 13.2. The highest BCUT2D eigenvalue weighted by Gasteiger charge is 2.21. The van der Waals surface area contributed by atoms with E-state index >= 15 is 0 Å². The van der Waals surface area contributed by atoms with E-state index in [1.807, 2.05) is 50.5 Å². The Hall–Kier alpha value is -3.54. The Morgan fingerprint density at radius 1 is 1.14 bits per heavy atom. The van der Waals surface area contributed by atoms with Crippen LogP contribution in [0.1, 0.15) is 33.6 Å². The smallest absolute Gasteiger partial charge is 0.270 e. The molecule has 1 aliphatic heterocycles. The third-order valence-corrected chi connectivity index (χ3v) is 5.23. The maximum atomic E-state index is 12.4. The lowest BCUT2D eigenvalue weighted by atomic mass is 9.96. The van der Waals surface area contributed by atoms with Crippen LogP contribution in [0, 0.1) is 6.92 Å². The zero-order valence-electron chi connectivity index (χ0n) is 16.5. The number of nitrogens with one attached hydrogen (secondary N) is 1. The second kappa shape index (κ2) is 7.83. The lowest BCUT2D eigenvalue weighted by Crippen LogP contribution is -2.30. The van der Waals surface area contributed by atoms with E-state index in [1.54, 1.807) is 17.3 Å². The number of aromatic nitrogens is 2. The van der Waals surface area contributed by atoms with E-state index in [1.165, 1.54) is 0 Å². The van der Waals surface area contributed by atoms with Gasteiger partial charge in [0.2, 0.25) is 5.91 Å². The number of carbonyl (C=O) groups is 2. The van der Waals surface area contributed by atoms with Crippen LogP contribution < -0.4 is 10.2 Å². The van der Waals surface area contributed by atoms with Crippen molar-refractivity contribution in [3.05, 3.63) is 77.4 Å². The molecule has 6 nitrogen and oxygen atoms in total. The fraction of sp³-hybridized carbons (Fsp3) is 0.217. The summed E-state index contributed by atoms with van der Waals surface area (Å²) in [6, 6.07) is 11.8. The van der Waals surface area contributed by atoms with Crippen LogP contribution in [0.15, 0.2) is 55.0 Å². The number of fused-ring (bicyclic) bond motifs is 1. The molecule has 0 saturated heterocycles.